The molecule has 5 nitrogen and oxygen atoms in total. The van der Waals surface area contributed by atoms with Gasteiger partial charge in [0.05, 0.1) is 5.71 Å². The minimum Gasteiger partial charge on any atom is -0.393 e. The van der Waals surface area contributed by atoms with Crippen molar-refractivity contribution in [2.24, 2.45) is 5.16 Å². The van der Waals surface area contributed by atoms with Gasteiger partial charge in [0.1, 0.15) is 12.7 Å². The summed E-state index contributed by atoms with van der Waals surface area (Å²) in [6, 6.07) is 7.92. The summed E-state index contributed by atoms with van der Waals surface area (Å²) in [4.78, 5) is 5.22. The molecule has 21 heavy (non-hydrogen) atoms. The molecule has 0 heterocycles. The number of benzene rings is 1. The van der Waals surface area contributed by atoms with Crippen LogP contribution in [0.1, 0.15) is 33.3 Å². The van der Waals surface area contributed by atoms with Gasteiger partial charge in [0.15, 0.2) is 0 Å². The molecule has 1 aromatic rings. The molecule has 0 saturated heterocycles. The first kappa shape index (κ1) is 17.5. The van der Waals surface area contributed by atoms with Crippen LogP contribution in [0.5, 0.6) is 0 Å². The van der Waals surface area contributed by atoms with E-state index >= 15 is 0 Å². The number of nitrogens with one attached hydrogen (secondary N) is 2. The largest absolute Gasteiger partial charge is 0.393 e. The first-order chi connectivity index (χ1) is 9.81. The summed E-state index contributed by atoms with van der Waals surface area (Å²) in [5.74, 6) is 0. The summed E-state index contributed by atoms with van der Waals surface area (Å²) >= 11 is 0. The fourth-order valence-corrected chi connectivity index (χ4v) is 1.63. The summed E-state index contributed by atoms with van der Waals surface area (Å²) < 4.78 is 0. The molecule has 1 aromatic carbocycles. The van der Waals surface area contributed by atoms with Crippen molar-refractivity contribution in [3.05, 3.63) is 29.8 Å². The minimum atomic E-state index is -0.576. The van der Waals surface area contributed by atoms with Gasteiger partial charge in [-0.2, -0.15) is 0 Å². The lowest BCUT2D eigenvalue weighted by Gasteiger charge is -2.22. The number of nitrogens with zero attached hydrogens (tertiary/aromatic N) is 1. The van der Waals surface area contributed by atoms with Crippen molar-refractivity contribution in [1.29, 1.82) is 0 Å². The number of oxime groups is 1. The van der Waals surface area contributed by atoms with E-state index in [1.807, 2.05) is 38.2 Å². The summed E-state index contributed by atoms with van der Waals surface area (Å²) in [7, 11) is 1.88. The van der Waals surface area contributed by atoms with Gasteiger partial charge in [0.2, 0.25) is 0 Å². The van der Waals surface area contributed by atoms with Crippen LogP contribution in [0, 0.1) is 0 Å². The van der Waals surface area contributed by atoms with E-state index in [0.717, 1.165) is 17.0 Å². The van der Waals surface area contributed by atoms with E-state index in [9.17, 15) is 5.11 Å². The van der Waals surface area contributed by atoms with E-state index in [1.165, 1.54) is 0 Å². The Bertz CT molecular complexity index is 450. The number of hydrogen-bond donors (Lipinski definition) is 3. The number of anilines is 1. The Kier molecular flexibility index (Phi) is 6.65. The van der Waals surface area contributed by atoms with Gasteiger partial charge in [-0.3, -0.25) is 0 Å². The normalized spacial score (nSPS) is 13.9. The molecule has 0 spiro atoms. The van der Waals surface area contributed by atoms with Gasteiger partial charge in [0.25, 0.3) is 0 Å². The van der Waals surface area contributed by atoms with Gasteiger partial charge in [-0.1, -0.05) is 17.3 Å². The average molecular weight is 293 g/mol. The second-order valence-corrected chi connectivity index (χ2v) is 6.08. The average Bonchev–Trinajstić information content (AvgIpc) is 2.44. The third-order valence-corrected chi connectivity index (χ3v) is 2.93. The third kappa shape index (κ3) is 7.11. The molecule has 0 aliphatic carbocycles. The van der Waals surface area contributed by atoms with Crippen molar-refractivity contribution in [2.45, 2.75) is 39.3 Å². The van der Waals surface area contributed by atoms with E-state index < -0.39 is 6.10 Å². The van der Waals surface area contributed by atoms with Crippen LogP contribution in [0.15, 0.2) is 29.4 Å². The van der Waals surface area contributed by atoms with Gasteiger partial charge in [0, 0.05) is 24.8 Å². The van der Waals surface area contributed by atoms with Gasteiger partial charge in [-0.05, 0) is 45.4 Å². The molecule has 0 radical (unpaired) electrons. The standard InChI is InChI=1S/C16H27N3O2/c1-12(13-6-8-14(17-5)9-7-13)19-21-11-15(20)10-18-16(2,3)4/h6-9,15,17-18,20H,10-11H2,1-5H3/b19-12+. The summed E-state index contributed by atoms with van der Waals surface area (Å²) in [6.07, 6.45) is -0.576. The van der Waals surface area contributed by atoms with Crippen LogP contribution in [-0.2, 0) is 4.84 Å². The highest BCUT2D eigenvalue weighted by Gasteiger charge is 2.12. The fourth-order valence-electron chi connectivity index (χ4n) is 1.63. The van der Waals surface area contributed by atoms with Crippen molar-refractivity contribution < 1.29 is 9.94 Å². The lowest BCUT2D eigenvalue weighted by atomic mass is 10.1. The zero-order valence-corrected chi connectivity index (χ0v) is 13.6. The maximum atomic E-state index is 9.80. The molecule has 3 N–H and O–H groups in total. The van der Waals surface area contributed by atoms with Crippen molar-refractivity contribution >= 4 is 11.4 Å². The van der Waals surface area contributed by atoms with Gasteiger partial charge in [-0.15, -0.1) is 0 Å². The lowest BCUT2D eigenvalue weighted by molar-refractivity contribution is 0.0373. The number of β-amino-alcohol motifs (C(OH)–C–C–N with tert-alkyl or cyclic N) is 1. The lowest BCUT2D eigenvalue weighted by Crippen LogP contribution is -2.42. The predicted octanol–water partition coefficient (Wildman–Crippen LogP) is 2.22. The zero-order valence-electron chi connectivity index (χ0n) is 13.6. The topological polar surface area (TPSA) is 65.9 Å². The second-order valence-electron chi connectivity index (χ2n) is 6.08. The quantitative estimate of drug-likeness (QED) is 0.533. The van der Waals surface area contributed by atoms with E-state index in [4.69, 9.17) is 4.84 Å². The fraction of sp³-hybridized carbons (Fsp3) is 0.562. The highest BCUT2D eigenvalue weighted by atomic mass is 16.6. The van der Waals surface area contributed by atoms with Gasteiger partial charge in [-0.25, -0.2) is 0 Å². The summed E-state index contributed by atoms with van der Waals surface area (Å²) in [5.41, 5.74) is 2.82. The molecular formula is C16H27N3O2. The van der Waals surface area contributed by atoms with E-state index in [-0.39, 0.29) is 12.1 Å². The zero-order chi connectivity index (χ0) is 15.9. The Morgan fingerprint density at radius 2 is 1.90 bits per heavy atom. The molecule has 0 amide bonds. The SMILES string of the molecule is CNc1ccc(/C(C)=N/OCC(O)CNC(C)(C)C)cc1. The van der Waals surface area contributed by atoms with Crippen LogP contribution in [0.25, 0.3) is 0 Å². The minimum absolute atomic E-state index is 0.0186. The smallest absolute Gasteiger partial charge is 0.144 e. The predicted molar refractivity (Wildman–Crippen MR) is 87.9 cm³/mol. The van der Waals surface area contributed by atoms with Crippen LogP contribution in [0.2, 0.25) is 0 Å². The Morgan fingerprint density at radius 3 is 2.43 bits per heavy atom. The Hall–Kier alpha value is -1.59. The molecule has 0 saturated carbocycles. The molecule has 0 aliphatic heterocycles. The number of aliphatic hydroxyl groups is 1. The molecule has 1 rings (SSSR count). The van der Waals surface area contributed by atoms with Crippen LogP contribution >= 0.6 is 0 Å². The molecule has 0 fully saturated rings. The molecule has 5 heteroatoms. The molecule has 0 aliphatic rings. The van der Waals surface area contributed by atoms with Gasteiger partial charge < -0.3 is 20.6 Å². The van der Waals surface area contributed by atoms with E-state index in [1.54, 1.807) is 0 Å². The molecule has 0 bridgehead atoms. The maximum Gasteiger partial charge on any atom is 0.144 e. The first-order valence-electron chi connectivity index (χ1n) is 7.19. The monoisotopic (exact) mass is 293 g/mol. The van der Waals surface area contributed by atoms with Crippen molar-refractivity contribution in [2.75, 3.05) is 25.5 Å². The van der Waals surface area contributed by atoms with Crippen LogP contribution in [0.4, 0.5) is 5.69 Å². The van der Waals surface area contributed by atoms with Crippen molar-refractivity contribution in [3.8, 4) is 0 Å². The van der Waals surface area contributed by atoms with Crippen LogP contribution in [-0.4, -0.2) is 42.7 Å². The summed E-state index contributed by atoms with van der Waals surface area (Å²) in [5, 5.41) is 20.1. The Morgan fingerprint density at radius 1 is 1.29 bits per heavy atom. The number of rotatable bonds is 7. The van der Waals surface area contributed by atoms with E-state index in [0.29, 0.717) is 6.54 Å². The molecule has 118 valence electrons. The van der Waals surface area contributed by atoms with Crippen molar-refractivity contribution in [1.82, 2.24) is 5.32 Å². The summed E-state index contributed by atoms with van der Waals surface area (Å²) in [6.45, 7) is 8.70. The third-order valence-electron chi connectivity index (χ3n) is 2.93. The molecule has 1 unspecified atom stereocenters. The second kappa shape index (κ2) is 8.00. The maximum absolute atomic E-state index is 9.80. The highest BCUT2D eigenvalue weighted by molar-refractivity contribution is 5.98. The molecular weight excluding hydrogens is 266 g/mol. The Balaban J connectivity index is 2.41. The van der Waals surface area contributed by atoms with E-state index in [2.05, 4.69) is 36.6 Å². The molecule has 0 aromatic heterocycles. The van der Waals surface area contributed by atoms with Gasteiger partial charge >= 0.3 is 0 Å². The van der Waals surface area contributed by atoms with Crippen LogP contribution < -0.4 is 10.6 Å². The first-order valence-corrected chi connectivity index (χ1v) is 7.19. The number of hydrogen-bond acceptors (Lipinski definition) is 5. The van der Waals surface area contributed by atoms with Crippen molar-refractivity contribution in [3.63, 3.8) is 0 Å². The Labute approximate surface area is 127 Å². The highest BCUT2D eigenvalue weighted by Crippen LogP contribution is 2.09. The molecule has 1 atom stereocenters. The van der Waals surface area contributed by atoms with Crippen LogP contribution in [0.3, 0.4) is 0 Å². The number of aliphatic hydroxyl groups excluding tert-OH is 1.